The summed E-state index contributed by atoms with van der Waals surface area (Å²) in [6.07, 6.45) is 1.50. The lowest BCUT2D eigenvalue weighted by atomic mass is 10.2. The number of rotatable bonds is 8. The average Bonchev–Trinajstić information content (AvgIpc) is 2.44. The maximum absolute atomic E-state index is 12.0. The molecular formula is C13H19ClN2O3S. The highest BCUT2D eigenvalue weighted by atomic mass is 35.5. The van der Waals surface area contributed by atoms with Gasteiger partial charge in [-0.05, 0) is 30.5 Å². The van der Waals surface area contributed by atoms with E-state index in [1.807, 2.05) is 6.92 Å². The first-order valence-electron chi connectivity index (χ1n) is 6.41. The second-order valence-electron chi connectivity index (χ2n) is 4.26. The minimum Gasteiger partial charge on any atom is -0.355 e. The summed E-state index contributed by atoms with van der Waals surface area (Å²) in [6, 6.07) is 6.45. The first-order chi connectivity index (χ1) is 9.49. The number of alkyl halides is 1. The Morgan fingerprint density at radius 1 is 1.25 bits per heavy atom. The monoisotopic (exact) mass is 318 g/mol. The fourth-order valence-corrected chi connectivity index (χ4v) is 2.72. The number of hydrogen-bond donors (Lipinski definition) is 2. The molecule has 1 rings (SSSR count). The third kappa shape index (κ3) is 5.48. The molecule has 0 aliphatic heterocycles. The van der Waals surface area contributed by atoms with Crippen molar-refractivity contribution >= 4 is 27.5 Å². The second-order valence-corrected chi connectivity index (χ2v) is 6.40. The van der Waals surface area contributed by atoms with Gasteiger partial charge in [0.2, 0.25) is 15.9 Å². The van der Waals surface area contributed by atoms with Crippen molar-refractivity contribution in [1.29, 1.82) is 0 Å². The van der Waals surface area contributed by atoms with E-state index in [2.05, 4.69) is 10.0 Å². The van der Waals surface area contributed by atoms with Gasteiger partial charge >= 0.3 is 0 Å². The second kappa shape index (κ2) is 8.24. The topological polar surface area (TPSA) is 75.3 Å². The fraction of sp³-hybridized carbons (Fsp3) is 0.462. The fourth-order valence-electron chi connectivity index (χ4n) is 1.52. The molecule has 0 saturated carbocycles. The molecule has 0 radical (unpaired) electrons. The predicted molar refractivity (Wildman–Crippen MR) is 79.4 cm³/mol. The number of aryl methyl sites for hydroxylation is 1. The smallest absolute Gasteiger partial charge is 0.241 e. The normalized spacial score (nSPS) is 11.3. The van der Waals surface area contributed by atoms with E-state index in [0.29, 0.717) is 18.8 Å². The Morgan fingerprint density at radius 3 is 2.45 bits per heavy atom. The van der Waals surface area contributed by atoms with Crippen LogP contribution in [0.4, 0.5) is 0 Å². The molecule has 2 N–H and O–H groups in total. The van der Waals surface area contributed by atoms with Gasteiger partial charge in [-0.2, -0.15) is 0 Å². The summed E-state index contributed by atoms with van der Waals surface area (Å²) in [5, 5.41) is 2.60. The molecule has 0 aromatic heterocycles. The van der Waals surface area contributed by atoms with E-state index in [4.69, 9.17) is 11.6 Å². The lowest BCUT2D eigenvalue weighted by Gasteiger charge is -2.08. The molecule has 0 spiro atoms. The van der Waals surface area contributed by atoms with Crippen LogP contribution >= 0.6 is 11.6 Å². The number of benzene rings is 1. The molecule has 0 atom stereocenters. The molecule has 5 nitrogen and oxygen atoms in total. The Labute approximate surface area is 124 Å². The molecule has 0 unspecified atom stereocenters. The van der Waals surface area contributed by atoms with Crippen LogP contribution in [0.25, 0.3) is 0 Å². The van der Waals surface area contributed by atoms with Crippen molar-refractivity contribution in [3.63, 3.8) is 0 Å². The van der Waals surface area contributed by atoms with E-state index < -0.39 is 10.0 Å². The van der Waals surface area contributed by atoms with Crippen LogP contribution in [0.2, 0.25) is 0 Å². The highest BCUT2D eigenvalue weighted by Crippen LogP contribution is 2.11. The van der Waals surface area contributed by atoms with Gasteiger partial charge in [0.1, 0.15) is 0 Å². The molecule has 1 aromatic carbocycles. The number of amides is 1. The Hall–Kier alpha value is -1.11. The zero-order valence-electron chi connectivity index (χ0n) is 11.4. The molecular weight excluding hydrogens is 300 g/mol. The molecule has 112 valence electrons. The van der Waals surface area contributed by atoms with Crippen LogP contribution in [-0.4, -0.2) is 33.3 Å². The number of carbonyl (C=O) groups is 1. The molecule has 0 aliphatic carbocycles. The SMILES string of the molecule is CCCNC(=O)CNS(=O)(=O)c1ccc(CCCl)cc1. The Bertz CT molecular complexity index is 529. The van der Waals surface area contributed by atoms with E-state index in [1.54, 1.807) is 12.1 Å². The number of sulfonamides is 1. The minimum absolute atomic E-state index is 0.138. The zero-order valence-corrected chi connectivity index (χ0v) is 12.9. The van der Waals surface area contributed by atoms with Crippen LogP contribution < -0.4 is 10.0 Å². The molecule has 1 aromatic rings. The van der Waals surface area contributed by atoms with Crippen molar-refractivity contribution in [3.05, 3.63) is 29.8 Å². The van der Waals surface area contributed by atoms with E-state index >= 15 is 0 Å². The minimum atomic E-state index is -3.66. The van der Waals surface area contributed by atoms with Crippen molar-refractivity contribution in [2.75, 3.05) is 19.0 Å². The van der Waals surface area contributed by atoms with Gasteiger partial charge in [-0.25, -0.2) is 13.1 Å². The van der Waals surface area contributed by atoms with Crippen LogP contribution in [-0.2, 0) is 21.2 Å². The van der Waals surface area contributed by atoms with Crippen LogP contribution in [0.15, 0.2) is 29.2 Å². The Kier molecular flexibility index (Phi) is 6.98. The highest BCUT2D eigenvalue weighted by Gasteiger charge is 2.15. The van der Waals surface area contributed by atoms with Gasteiger partial charge in [0, 0.05) is 12.4 Å². The highest BCUT2D eigenvalue weighted by molar-refractivity contribution is 7.89. The third-order valence-corrected chi connectivity index (χ3v) is 4.22. The van der Waals surface area contributed by atoms with Gasteiger partial charge in [0.15, 0.2) is 0 Å². The summed E-state index contributed by atoms with van der Waals surface area (Å²) in [5.41, 5.74) is 0.972. The zero-order chi connectivity index (χ0) is 15.0. The largest absolute Gasteiger partial charge is 0.355 e. The van der Waals surface area contributed by atoms with E-state index in [9.17, 15) is 13.2 Å². The van der Waals surface area contributed by atoms with Gasteiger partial charge in [-0.15, -0.1) is 11.6 Å². The van der Waals surface area contributed by atoms with E-state index in [0.717, 1.165) is 12.0 Å². The molecule has 0 heterocycles. The van der Waals surface area contributed by atoms with Crippen molar-refractivity contribution in [2.45, 2.75) is 24.7 Å². The number of carbonyl (C=O) groups excluding carboxylic acids is 1. The summed E-state index contributed by atoms with van der Waals surface area (Å²) >= 11 is 5.62. The van der Waals surface area contributed by atoms with Crippen molar-refractivity contribution in [2.24, 2.45) is 0 Å². The van der Waals surface area contributed by atoms with Gasteiger partial charge in [0.05, 0.1) is 11.4 Å². The van der Waals surface area contributed by atoms with E-state index in [-0.39, 0.29) is 17.3 Å². The van der Waals surface area contributed by atoms with Crippen LogP contribution in [0.5, 0.6) is 0 Å². The van der Waals surface area contributed by atoms with Crippen LogP contribution in [0.3, 0.4) is 0 Å². The van der Waals surface area contributed by atoms with Gasteiger partial charge < -0.3 is 5.32 Å². The summed E-state index contributed by atoms with van der Waals surface area (Å²) in [5.74, 6) is 0.149. The first-order valence-corrected chi connectivity index (χ1v) is 8.42. The molecule has 0 bridgehead atoms. The van der Waals surface area contributed by atoms with E-state index in [1.165, 1.54) is 12.1 Å². The lowest BCUT2D eigenvalue weighted by molar-refractivity contribution is -0.119. The predicted octanol–water partition coefficient (Wildman–Crippen LogP) is 1.27. The summed E-state index contributed by atoms with van der Waals surface area (Å²) in [6.45, 7) is 2.20. The quantitative estimate of drug-likeness (QED) is 0.709. The maximum Gasteiger partial charge on any atom is 0.241 e. The molecule has 1 amide bonds. The van der Waals surface area contributed by atoms with Crippen LogP contribution in [0.1, 0.15) is 18.9 Å². The summed E-state index contributed by atoms with van der Waals surface area (Å²) < 4.78 is 26.2. The molecule has 7 heteroatoms. The number of nitrogens with one attached hydrogen (secondary N) is 2. The molecule has 0 saturated heterocycles. The lowest BCUT2D eigenvalue weighted by Crippen LogP contribution is -2.37. The van der Waals surface area contributed by atoms with Crippen molar-refractivity contribution in [3.8, 4) is 0 Å². The summed E-state index contributed by atoms with van der Waals surface area (Å²) in [4.78, 5) is 11.5. The third-order valence-electron chi connectivity index (χ3n) is 2.61. The van der Waals surface area contributed by atoms with Crippen molar-refractivity contribution < 1.29 is 13.2 Å². The Balaban J connectivity index is 2.62. The number of halogens is 1. The van der Waals surface area contributed by atoms with Gasteiger partial charge in [-0.1, -0.05) is 19.1 Å². The average molecular weight is 319 g/mol. The van der Waals surface area contributed by atoms with Gasteiger partial charge in [-0.3, -0.25) is 4.79 Å². The number of hydrogen-bond acceptors (Lipinski definition) is 3. The molecule has 20 heavy (non-hydrogen) atoms. The van der Waals surface area contributed by atoms with Crippen LogP contribution in [0, 0.1) is 0 Å². The standard InChI is InChI=1S/C13H19ClN2O3S/c1-2-9-15-13(17)10-16-20(18,19)12-5-3-11(4-6-12)7-8-14/h3-6,16H,2,7-10H2,1H3,(H,15,17). The van der Waals surface area contributed by atoms with Gasteiger partial charge in [0.25, 0.3) is 0 Å². The Morgan fingerprint density at radius 2 is 1.90 bits per heavy atom. The van der Waals surface area contributed by atoms with Crippen molar-refractivity contribution in [1.82, 2.24) is 10.0 Å². The molecule has 0 fully saturated rings. The summed E-state index contributed by atoms with van der Waals surface area (Å²) in [7, 11) is -3.66. The first kappa shape index (κ1) is 16.9. The maximum atomic E-state index is 12.0. The molecule has 0 aliphatic rings.